The van der Waals surface area contributed by atoms with Crippen molar-refractivity contribution in [1.82, 2.24) is 0 Å². The van der Waals surface area contributed by atoms with E-state index in [1.165, 1.54) is 6.07 Å². The summed E-state index contributed by atoms with van der Waals surface area (Å²) in [6.45, 7) is 0. The van der Waals surface area contributed by atoms with Crippen molar-refractivity contribution in [3.8, 4) is 6.07 Å². The van der Waals surface area contributed by atoms with E-state index in [2.05, 4.69) is 0 Å². The largest absolute Gasteiger partial charge is 0.421 e. The Kier molecular flexibility index (Phi) is 2.34. The number of anilines is 1. The summed E-state index contributed by atoms with van der Waals surface area (Å²) in [5.74, 6) is -1.53. The number of hydrogen-bond acceptors (Lipinski definition) is 2. The van der Waals surface area contributed by atoms with Gasteiger partial charge < -0.3 is 5.73 Å². The molecule has 1 aromatic carbocycles. The van der Waals surface area contributed by atoms with Gasteiger partial charge in [0.25, 0.3) is 0 Å². The number of benzene rings is 1. The van der Waals surface area contributed by atoms with Crippen molar-refractivity contribution in [2.45, 2.75) is 6.18 Å². The van der Waals surface area contributed by atoms with Gasteiger partial charge in [-0.2, -0.15) is 18.4 Å². The van der Waals surface area contributed by atoms with E-state index in [-0.39, 0.29) is 5.56 Å². The van der Waals surface area contributed by atoms with Crippen molar-refractivity contribution in [2.24, 2.45) is 0 Å². The molecule has 0 saturated carbocycles. The molecule has 1 aromatic rings. The number of nitrogen functional groups attached to an aromatic ring is 1. The molecule has 0 saturated heterocycles. The summed E-state index contributed by atoms with van der Waals surface area (Å²) in [4.78, 5) is 0. The van der Waals surface area contributed by atoms with Crippen LogP contribution in [0.1, 0.15) is 11.1 Å². The van der Waals surface area contributed by atoms with E-state index in [1.807, 2.05) is 0 Å². The molecule has 0 aliphatic rings. The van der Waals surface area contributed by atoms with Crippen molar-refractivity contribution in [2.75, 3.05) is 5.73 Å². The Balaban J connectivity index is 3.42. The van der Waals surface area contributed by atoms with E-state index in [1.54, 1.807) is 0 Å². The predicted octanol–water partition coefficient (Wildman–Crippen LogP) is 2.30. The van der Waals surface area contributed by atoms with E-state index in [0.29, 0.717) is 6.07 Å². The molecule has 0 unspecified atom stereocenters. The highest BCUT2D eigenvalue weighted by molar-refractivity contribution is 5.54. The fourth-order valence-corrected chi connectivity index (χ4v) is 0.992. The van der Waals surface area contributed by atoms with Crippen LogP contribution in [0.5, 0.6) is 0 Å². The lowest BCUT2D eigenvalue weighted by Crippen LogP contribution is -2.12. The zero-order chi connectivity index (χ0) is 10.9. The van der Waals surface area contributed by atoms with Crippen LogP contribution in [0, 0.1) is 17.1 Å². The normalized spacial score (nSPS) is 11.1. The summed E-state index contributed by atoms with van der Waals surface area (Å²) in [5, 5.41) is 8.33. The van der Waals surface area contributed by atoms with Crippen LogP contribution in [0.25, 0.3) is 0 Å². The van der Waals surface area contributed by atoms with Gasteiger partial charge in [0.2, 0.25) is 0 Å². The van der Waals surface area contributed by atoms with Crippen LogP contribution in [-0.4, -0.2) is 0 Å². The highest BCUT2D eigenvalue weighted by Crippen LogP contribution is 2.35. The molecule has 2 N–H and O–H groups in total. The van der Waals surface area contributed by atoms with E-state index in [4.69, 9.17) is 11.0 Å². The molecule has 74 valence electrons. The van der Waals surface area contributed by atoms with Gasteiger partial charge in [-0.25, -0.2) is 4.39 Å². The zero-order valence-corrected chi connectivity index (χ0v) is 6.69. The molecule has 0 aromatic heterocycles. The lowest BCUT2D eigenvalue weighted by molar-refractivity contribution is -0.139. The number of hydrogen-bond donors (Lipinski definition) is 1. The van der Waals surface area contributed by atoms with Crippen LogP contribution in [0.15, 0.2) is 12.1 Å². The Morgan fingerprint density at radius 2 is 1.86 bits per heavy atom. The Labute approximate surface area is 76.6 Å². The molecule has 0 spiro atoms. The van der Waals surface area contributed by atoms with Crippen molar-refractivity contribution in [3.63, 3.8) is 0 Å². The molecule has 0 fully saturated rings. The van der Waals surface area contributed by atoms with Gasteiger partial charge in [-0.15, -0.1) is 0 Å². The maximum absolute atomic E-state index is 12.8. The van der Waals surface area contributed by atoms with Gasteiger partial charge in [0, 0.05) is 5.69 Å². The maximum atomic E-state index is 12.8. The van der Waals surface area contributed by atoms with Crippen molar-refractivity contribution >= 4 is 5.69 Å². The van der Waals surface area contributed by atoms with Gasteiger partial charge in [0.15, 0.2) is 0 Å². The third-order valence-electron chi connectivity index (χ3n) is 1.53. The SMILES string of the molecule is N#Cc1cc(N)c(C(F)(F)F)c(F)c1. The molecule has 0 aliphatic heterocycles. The number of nitrogens with zero attached hydrogens (tertiary/aromatic N) is 1. The lowest BCUT2D eigenvalue weighted by atomic mass is 10.1. The third kappa shape index (κ3) is 1.76. The van der Waals surface area contributed by atoms with Crippen molar-refractivity contribution in [1.29, 1.82) is 5.26 Å². The van der Waals surface area contributed by atoms with Crippen molar-refractivity contribution in [3.05, 3.63) is 29.1 Å². The number of halogens is 4. The summed E-state index contributed by atoms with van der Waals surface area (Å²) in [6, 6.07) is 2.78. The molecule has 14 heavy (non-hydrogen) atoms. The Morgan fingerprint density at radius 3 is 2.21 bits per heavy atom. The molecule has 0 heterocycles. The van der Waals surface area contributed by atoms with Crippen molar-refractivity contribution < 1.29 is 17.6 Å². The molecular weight excluding hydrogens is 200 g/mol. The first kappa shape index (κ1) is 10.3. The summed E-state index contributed by atoms with van der Waals surface area (Å²) < 4.78 is 49.3. The summed E-state index contributed by atoms with van der Waals surface area (Å²) in [6.07, 6.45) is -4.85. The lowest BCUT2D eigenvalue weighted by Gasteiger charge is -2.10. The first-order valence-electron chi connectivity index (χ1n) is 3.42. The second-order valence-electron chi connectivity index (χ2n) is 2.53. The second kappa shape index (κ2) is 3.18. The van der Waals surface area contributed by atoms with E-state index in [0.717, 1.165) is 6.07 Å². The highest BCUT2D eigenvalue weighted by atomic mass is 19.4. The summed E-state index contributed by atoms with van der Waals surface area (Å²) in [7, 11) is 0. The smallest absolute Gasteiger partial charge is 0.398 e. The molecule has 0 radical (unpaired) electrons. The third-order valence-corrected chi connectivity index (χ3v) is 1.53. The minimum Gasteiger partial charge on any atom is -0.398 e. The molecule has 2 nitrogen and oxygen atoms in total. The topological polar surface area (TPSA) is 49.8 Å². The fraction of sp³-hybridized carbons (Fsp3) is 0.125. The van der Waals surface area contributed by atoms with Crippen LogP contribution >= 0.6 is 0 Å². The average molecular weight is 204 g/mol. The molecule has 0 aliphatic carbocycles. The summed E-state index contributed by atoms with van der Waals surface area (Å²) in [5.41, 5.74) is 2.42. The van der Waals surface area contributed by atoms with E-state index >= 15 is 0 Å². The number of alkyl halides is 3. The fourth-order valence-electron chi connectivity index (χ4n) is 0.992. The van der Waals surface area contributed by atoms with Crippen LogP contribution in [0.3, 0.4) is 0 Å². The molecule has 0 bridgehead atoms. The number of nitrogens with two attached hydrogens (primary N) is 1. The van der Waals surface area contributed by atoms with Gasteiger partial charge in [-0.1, -0.05) is 0 Å². The van der Waals surface area contributed by atoms with Gasteiger partial charge in [0.05, 0.1) is 11.6 Å². The van der Waals surface area contributed by atoms with Crippen LogP contribution in [0.4, 0.5) is 23.2 Å². The van der Waals surface area contributed by atoms with E-state index < -0.39 is 23.2 Å². The molecule has 1 rings (SSSR count). The standard InChI is InChI=1S/C8H4F4N2/c9-5-1-4(3-13)2-6(14)7(5)8(10,11)12/h1-2H,14H2. The van der Waals surface area contributed by atoms with Crippen LogP contribution < -0.4 is 5.73 Å². The first-order valence-corrected chi connectivity index (χ1v) is 3.42. The summed E-state index contributed by atoms with van der Waals surface area (Å²) >= 11 is 0. The van der Waals surface area contributed by atoms with Gasteiger partial charge >= 0.3 is 6.18 Å². The Morgan fingerprint density at radius 1 is 1.29 bits per heavy atom. The number of nitriles is 1. The zero-order valence-electron chi connectivity index (χ0n) is 6.69. The molecule has 6 heteroatoms. The van der Waals surface area contributed by atoms with Gasteiger partial charge in [-0.3, -0.25) is 0 Å². The van der Waals surface area contributed by atoms with Crippen LogP contribution in [0.2, 0.25) is 0 Å². The average Bonchev–Trinajstić information content (AvgIpc) is 1.99. The maximum Gasteiger partial charge on any atom is 0.421 e. The molecule has 0 amide bonds. The Hall–Kier alpha value is -1.77. The van der Waals surface area contributed by atoms with E-state index in [9.17, 15) is 17.6 Å². The molecule has 0 atom stereocenters. The second-order valence-corrected chi connectivity index (χ2v) is 2.53. The highest BCUT2D eigenvalue weighted by Gasteiger charge is 2.36. The quantitative estimate of drug-likeness (QED) is 0.520. The number of rotatable bonds is 0. The Bertz CT molecular complexity index is 380. The monoisotopic (exact) mass is 204 g/mol. The molecular formula is C8H4F4N2. The van der Waals surface area contributed by atoms with Gasteiger partial charge in [-0.05, 0) is 12.1 Å². The first-order chi connectivity index (χ1) is 6.36. The van der Waals surface area contributed by atoms with Gasteiger partial charge in [0.1, 0.15) is 11.4 Å². The minimum atomic E-state index is -4.85. The predicted molar refractivity (Wildman–Crippen MR) is 40.5 cm³/mol. The van der Waals surface area contributed by atoms with Crippen LogP contribution in [-0.2, 0) is 6.18 Å². The minimum absolute atomic E-state index is 0.243.